The number of hydrogen-bond donors (Lipinski definition) is 0. The second-order valence-corrected chi connectivity index (χ2v) is 9.45. The van der Waals surface area contributed by atoms with Gasteiger partial charge in [-0.3, -0.25) is 0 Å². The SMILES string of the molecule is Brc1ccc2c(c1)Cc1cc(Br)ccc1C21c2ccccc2-c2ccccc21. The Balaban J connectivity index is 1.84. The second kappa shape index (κ2) is 5.92. The average Bonchev–Trinajstić information content (AvgIpc) is 2.99. The van der Waals surface area contributed by atoms with E-state index in [1.54, 1.807) is 0 Å². The van der Waals surface area contributed by atoms with Crippen LogP contribution in [0.15, 0.2) is 93.9 Å². The maximum atomic E-state index is 3.70. The molecule has 0 heterocycles. The Morgan fingerprint density at radius 2 is 1.00 bits per heavy atom. The summed E-state index contributed by atoms with van der Waals surface area (Å²) in [6.45, 7) is 0. The van der Waals surface area contributed by atoms with Crippen LogP contribution in [-0.2, 0) is 11.8 Å². The first-order chi connectivity index (χ1) is 13.7. The standard InChI is InChI=1S/C26H16Br2/c27-18-9-11-22-16(14-18)13-17-15-19(28)10-12-23(17)26(22)24-7-3-1-5-20(24)21-6-2-4-8-25(21)26/h1-12,14-15H,13H2. The molecular formula is C26H16Br2. The fourth-order valence-corrected chi connectivity index (χ4v) is 6.13. The highest BCUT2D eigenvalue weighted by atomic mass is 79.9. The minimum Gasteiger partial charge on any atom is -0.0619 e. The Morgan fingerprint density at radius 1 is 0.536 bits per heavy atom. The van der Waals surface area contributed by atoms with E-state index in [2.05, 4.69) is 117 Å². The molecule has 0 N–H and O–H groups in total. The number of fused-ring (bicyclic) bond motifs is 9. The van der Waals surface area contributed by atoms with E-state index < -0.39 is 0 Å². The quantitative estimate of drug-likeness (QED) is 0.208. The summed E-state index contributed by atoms with van der Waals surface area (Å²) in [5.41, 5.74) is 10.8. The van der Waals surface area contributed by atoms with E-state index in [0.29, 0.717) is 0 Å². The Hall–Kier alpha value is -2.16. The Morgan fingerprint density at radius 3 is 1.50 bits per heavy atom. The van der Waals surface area contributed by atoms with Gasteiger partial charge in [-0.15, -0.1) is 0 Å². The van der Waals surface area contributed by atoms with Crippen LogP contribution in [0.3, 0.4) is 0 Å². The van der Waals surface area contributed by atoms with Crippen LogP contribution in [0, 0.1) is 0 Å². The highest BCUT2D eigenvalue weighted by Gasteiger charge is 2.49. The molecule has 0 saturated carbocycles. The van der Waals surface area contributed by atoms with Crippen molar-refractivity contribution < 1.29 is 0 Å². The number of halogens is 2. The van der Waals surface area contributed by atoms with Crippen molar-refractivity contribution in [2.24, 2.45) is 0 Å². The molecule has 0 amide bonds. The summed E-state index contributed by atoms with van der Waals surface area (Å²) in [7, 11) is 0. The van der Waals surface area contributed by atoms with Crippen molar-refractivity contribution in [2.75, 3.05) is 0 Å². The van der Waals surface area contributed by atoms with E-state index in [0.717, 1.165) is 15.4 Å². The van der Waals surface area contributed by atoms with Crippen molar-refractivity contribution in [3.05, 3.63) is 127 Å². The van der Waals surface area contributed by atoms with Crippen molar-refractivity contribution in [1.29, 1.82) is 0 Å². The molecule has 0 saturated heterocycles. The minimum absolute atomic E-state index is 0.252. The highest BCUT2D eigenvalue weighted by molar-refractivity contribution is 9.10. The van der Waals surface area contributed by atoms with E-state index in [9.17, 15) is 0 Å². The number of rotatable bonds is 0. The minimum atomic E-state index is -0.252. The van der Waals surface area contributed by atoms with Gasteiger partial charge < -0.3 is 0 Å². The van der Waals surface area contributed by atoms with Crippen LogP contribution in [0.25, 0.3) is 11.1 Å². The lowest BCUT2D eigenvalue weighted by molar-refractivity contribution is 0.721. The predicted octanol–water partition coefficient (Wildman–Crippen LogP) is 7.48. The van der Waals surface area contributed by atoms with Crippen LogP contribution in [0.1, 0.15) is 33.4 Å². The zero-order chi connectivity index (χ0) is 18.9. The molecule has 0 fully saturated rings. The summed E-state index contributed by atoms with van der Waals surface area (Å²) in [5.74, 6) is 0. The van der Waals surface area contributed by atoms with E-state index in [4.69, 9.17) is 0 Å². The third kappa shape index (κ3) is 2.05. The van der Waals surface area contributed by atoms with Gasteiger partial charge in [0, 0.05) is 8.95 Å². The molecule has 2 aliphatic carbocycles. The van der Waals surface area contributed by atoms with Crippen LogP contribution in [0.4, 0.5) is 0 Å². The molecule has 4 aromatic carbocycles. The normalized spacial score (nSPS) is 14.9. The van der Waals surface area contributed by atoms with E-state index >= 15 is 0 Å². The molecule has 0 nitrogen and oxygen atoms in total. The van der Waals surface area contributed by atoms with Crippen LogP contribution in [-0.4, -0.2) is 0 Å². The van der Waals surface area contributed by atoms with Gasteiger partial charge in [-0.05, 0) is 75.2 Å². The molecule has 0 unspecified atom stereocenters. The zero-order valence-corrected chi connectivity index (χ0v) is 18.2. The maximum Gasteiger partial charge on any atom is 0.0719 e. The largest absolute Gasteiger partial charge is 0.0719 e. The fourth-order valence-electron chi connectivity index (χ4n) is 5.31. The molecule has 2 heteroatoms. The van der Waals surface area contributed by atoms with Gasteiger partial charge in [0.1, 0.15) is 0 Å². The fraction of sp³-hybridized carbons (Fsp3) is 0.0769. The Bertz CT molecular complexity index is 1170. The summed E-state index contributed by atoms with van der Waals surface area (Å²) in [6.07, 6.45) is 0.954. The van der Waals surface area contributed by atoms with Crippen LogP contribution in [0.2, 0.25) is 0 Å². The summed E-state index contributed by atoms with van der Waals surface area (Å²) in [5, 5.41) is 0. The lowest BCUT2D eigenvalue weighted by Crippen LogP contribution is -2.34. The smallest absolute Gasteiger partial charge is 0.0619 e. The van der Waals surface area contributed by atoms with Gasteiger partial charge in [-0.1, -0.05) is 92.5 Å². The molecule has 134 valence electrons. The predicted molar refractivity (Wildman–Crippen MR) is 122 cm³/mol. The van der Waals surface area contributed by atoms with Crippen molar-refractivity contribution in [3.63, 3.8) is 0 Å². The van der Waals surface area contributed by atoms with Crippen molar-refractivity contribution in [2.45, 2.75) is 11.8 Å². The van der Waals surface area contributed by atoms with Gasteiger partial charge in [-0.2, -0.15) is 0 Å². The van der Waals surface area contributed by atoms with Gasteiger partial charge >= 0.3 is 0 Å². The molecule has 28 heavy (non-hydrogen) atoms. The summed E-state index contributed by atoms with van der Waals surface area (Å²) < 4.78 is 2.28. The summed E-state index contributed by atoms with van der Waals surface area (Å²) >= 11 is 7.39. The van der Waals surface area contributed by atoms with Gasteiger partial charge in [0.2, 0.25) is 0 Å². The van der Waals surface area contributed by atoms with Crippen molar-refractivity contribution in [1.82, 2.24) is 0 Å². The van der Waals surface area contributed by atoms with Crippen molar-refractivity contribution in [3.8, 4) is 11.1 Å². The molecule has 0 atom stereocenters. The third-order valence-corrected chi connectivity index (χ3v) is 7.26. The maximum absolute atomic E-state index is 3.70. The molecule has 6 rings (SSSR count). The molecule has 1 spiro atoms. The van der Waals surface area contributed by atoms with Gasteiger partial charge in [-0.25, -0.2) is 0 Å². The van der Waals surface area contributed by atoms with Gasteiger partial charge in [0.25, 0.3) is 0 Å². The van der Waals surface area contributed by atoms with Crippen LogP contribution in [0.5, 0.6) is 0 Å². The third-order valence-electron chi connectivity index (χ3n) is 6.28. The summed E-state index contributed by atoms with van der Waals surface area (Å²) in [6, 6.07) is 31.5. The van der Waals surface area contributed by atoms with Gasteiger partial charge in [0.15, 0.2) is 0 Å². The summed E-state index contributed by atoms with van der Waals surface area (Å²) in [4.78, 5) is 0. The zero-order valence-electron chi connectivity index (χ0n) is 15.0. The lowest BCUT2D eigenvalue weighted by Gasteiger charge is -2.40. The first-order valence-electron chi connectivity index (χ1n) is 9.47. The average molecular weight is 488 g/mol. The van der Waals surface area contributed by atoms with Crippen LogP contribution >= 0.6 is 31.9 Å². The van der Waals surface area contributed by atoms with E-state index in [1.807, 2.05) is 0 Å². The molecule has 0 aromatic heterocycles. The second-order valence-electron chi connectivity index (χ2n) is 7.62. The first-order valence-corrected chi connectivity index (χ1v) is 11.1. The molecule has 4 aromatic rings. The van der Waals surface area contributed by atoms with E-state index in [-0.39, 0.29) is 5.41 Å². The molecule has 0 aliphatic heterocycles. The first kappa shape index (κ1) is 16.8. The highest BCUT2D eigenvalue weighted by Crippen LogP contribution is 2.59. The number of hydrogen-bond acceptors (Lipinski definition) is 0. The Labute approximate surface area is 181 Å². The molecule has 0 bridgehead atoms. The monoisotopic (exact) mass is 486 g/mol. The lowest BCUT2D eigenvalue weighted by atomic mass is 9.61. The topological polar surface area (TPSA) is 0 Å². The molecule has 0 radical (unpaired) electrons. The molecular weight excluding hydrogens is 472 g/mol. The van der Waals surface area contributed by atoms with Gasteiger partial charge in [0.05, 0.1) is 5.41 Å². The van der Waals surface area contributed by atoms with Crippen molar-refractivity contribution >= 4 is 31.9 Å². The van der Waals surface area contributed by atoms with E-state index in [1.165, 1.54) is 44.5 Å². The van der Waals surface area contributed by atoms with Crippen LogP contribution < -0.4 is 0 Å². The Kier molecular flexibility index (Phi) is 3.54. The molecule has 2 aliphatic rings. The number of benzene rings is 4.